The van der Waals surface area contributed by atoms with Crippen LogP contribution in [-0.4, -0.2) is 11.8 Å². The molecule has 0 aliphatic heterocycles. The minimum Gasteiger partial charge on any atom is -0.352 e. The van der Waals surface area contributed by atoms with Crippen molar-refractivity contribution < 1.29 is 13.6 Å². The van der Waals surface area contributed by atoms with Gasteiger partial charge in [0.2, 0.25) is 11.8 Å². The Kier molecular flexibility index (Phi) is 4.33. The normalized spacial score (nSPS) is 18.2. The van der Waals surface area contributed by atoms with Gasteiger partial charge >= 0.3 is 0 Å². The van der Waals surface area contributed by atoms with E-state index in [1.54, 1.807) is 18.2 Å². The van der Waals surface area contributed by atoms with Crippen molar-refractivity contribution in [1.29, 1.82) is 5.26 Å². The first-order valence-electron chi connectivity index (χ1n) is 6.65. The fraction of sp³-hybridized carbons (Fsp3) is 0.467. The van der Waals surface area contributed by atoms with Crippen LogP contribution in [0.4, 0.5) is 8.78 Å². The number of nitriles is 1. The quantitative estimate of drug-likeness (QED) is 0.924. The number of alkyl halides is 2. The smallest absolute Gasteiger partial charge is 0.248 e. The summed E-state index contributed by atoms with van der Waals surface area (Å²) in [6, 6.07) is 8.99. The Morgan fingerprint density at radius 2 is 2.10 bits per heavy atom. The van der Waals surface area contributed by atoms with E-state index in [1.807, 2.05) is 12.1 Å². The summed E-state index contributed by atoms with van der Waals surface area (Å²) in [5.74, 6) is -3.12. The van der Waals surface area contributed by atoms with E-state index in [9.17, 15) is 13.6 Å². The lowest BCUT2D eigenvalue weighted by Crippen LogP contribution is -2.35. The molecule has 0 unspecified atom stereocenters. The number of rotatable bonds is 3. The largest absolute Gasteiger partial charge is 0.352 e. The number of hydrogen-bond donors (Lipinski definition) is 1. The van der Waals surface area contributed by atoms with Gasteiger partial charge in [-0.3, -0.25) is 4.79 Å². The zero-order chi connectivity index (χ0) is 14.6. The Hall–Kier alpha value is -1.96. The van der Waals surface area contributed by atoms with Crippen LogP contribution in [0.1, 0.15) is 36.8 Å². The average Bonchev–Trinajstić information content (AvgIpc) is 2.45. The Labute approximate surface area is 116 Å². The summed E-state index contributed by atoms with van der Waals surface area (Å²) in [5, 5.41) is 11.5. The molecule has 0 spiro atoms. The van der Waals surface area contributed by atoms with Gasteiger partial charge in [-0.25, -0.2) is 8.78 Å². The van der Waals surface area contributed by atoms with Crippen molar-refractivity contribution in [3.8, 4) is 6.07 Å². The van der Waals surface area contributed by atoms with E-state index >= 15 is 0 Å². The zero-order valence-corrected chi connectivity index (χ0v) is 11.0. The number of carbonyl (C=O) groups excluding carboxylic acids is 1. The lowest BCUT2D eigenvalue weighted by atomic mass is 9.86. The summed E-state index contributed by atoms with van der Waals surface area (Å²) >= 11 is 0. The van der Waals surface area contributed by atoms with Gasteiger partial charge in [0.05, 0.1) is 11.6 Å². The second kappa shape index (κ2) is 6.00. The lowest BCUT2D eigenvalue weighted by Gasteiger charge is -2.27. The molecule has 1 fully saturated rings. The molecule has 2 rings (SSSR count). The number of nitrogens with one attached hydrogen (secondary N) is 1. The van der Waals surface area contributed by atoms with Crippen LogP contribution >= 0.6 is 0 Å². The number of benzene rings is 1. The highest BCUT2D eigenvalue weighted by molar-refractivity contribution is 5.78. The van der Waals surface area contributed by atoms with Crippen molar-refractivity contribution in [2.45, 2.75) is 38.2 Å². The van der Waals surface area contributed by atoms with Gasteiger partial charge < -0.3 is 5.32 Å². The predicted octanol–water partition coefficient (Wildman–Crippen LogP) is 3.00. The molecule has 0 radical (unpaired) electrons. The number of hydrogen-bond acceptors (Lipinski definition) is 2. The van der Waals surface area contributed by atoms with E-state index < -0.39 is 5.92 Å². The van der Waals surface area contributed by atoms with E-state index in [0.29, 0.717) is 12.1 Å². The molecule has 1 N–H and O–H groups in total. The van der Waals surface area contributed by atoms with Crippen molar-refractivity contribution in [1.82, 2.24) is 5.32 Å². The maximum atomic E-state index is 13.0. The van der Waals surface area contributed by atoms with Crippen LogP contribution in [-0.2, 0) is 11.3 Å². The van der Waals surface area contributed by atoms with Crippen molar-refractivity contribution >= 4 is 5.91 Å². The maximum absolute atomic E-state index is 13.0. The fourth-order valence-corrected chi connectivity index (χ4v) is 2.39. The van der Waals surface area contributed by atoms with Crippen molar-refractivity contribution in [2.24, 2.45) is 5.92 Å². The van der Waals surface area contributed by atoms with E-state index in [-0.39, 0.29) is 37.5 Å². The van der Waals surface area contributed by atoms with E-state index in [2.05, 4.69) is 5.32 Å². The Balaban J connectivity index is 1.85. The second-order valence-corrected chi connectivity index (χ2v) is 5.16. The first-order chi connectivity index (χ1) is 9.50. The number of nitrogens with zero attached hydrogens (tertiary/aromatic N) is 1. The summed E-state index contributed by atoms with van der Waals surface area (Å²) < 4.78 is 26.0. The second-order valence-electron chi connectivity index (χ2n) is 5.16. The molecule has 1 aromatic rings. The Morgan fingerprint density at radius 1 is 1.40 bits per heavy atom. The molecule has 0 saturated heterocycles. The molecule has 1 saturated carbocycles. The minimum absolute atomic E-state index is 0.178. The van der Waals surface area contributed by atoms with E-state index in [0.717, 1.165) is 5.56 Å². The van der Waals surface area contributed by atoms with Crippen LogP contribution < -0.4 is 5.32 Å². The van der Waals surface area contributed by atoms with Gasteiger partial charge in [-0.2, -0.15) is 5.26 Å². The van der Waals surface area contributed by atoms with Gasteiger partial charge in [-0.05, 0) is 30.5 Å². The van der Waals surface area contributed by atoms with Crippen LogP contribution in [0.15, 0.2) is 24.3 Å². The van der Waals surface area contributed by atoms with Crippen LogP contribution in [0.3, 0.4) is 0 Å². The topological polar surface area (TPSA) is 52.9 Å². The maximum Gasteiger partial charge on any atom is 0.248 e. The summed E-state index contributed by atoms with van der Waals surface area (Å²) in [7, 11) is 0. The van der Waals surface area contributed by atoms with Crippen LogP contribution in [0.25, 0.3) is 0 Å². The first-order valence-corrected chi connectivity index (χ1v) is 6.65. The molecule has 0 heterocycles. The van der Waals surface area contributed by atoms with E-state index in [1.165, 1.54) is 0 Å². The Morgan fingerprint density at radius 3 is 2.75 bits per heavy atom. The van der Waals surface area contributed by atoms with E-state index in [4.69, 9.17) is 5.26 Å². The molecule has 1 aromatic carbocycles. The van der Waals surface area contributed by atoms with Gasteiger partial charge in [0.25, 0.3) is 0 Å². The molecule has 0 aromatic heterocycles. The number of halogens is 2. The van der Waals surface area contributed by atoms with Crippen molar-refractivity contribution in [3.63, 3.8) is 0 Å². The highest BCUT2D eigenvalue weighted by Crippen LogP contribution is 2.36. The molecule has 20 heavy (non-hydrogen) atoms. The Bertz CT molecular complexity index is 527. The third kappa shape index (κ3) is 3.77. The van der Waals surface area contributed by atoms with Crippen molar-refractivity contribution in [3.05, 3.63) is 35.4 Å². The molecule has 106 valence electrons. The van der Waals surface area contributed by atoms with Gasteiger partial charge in [0.1, 0.15) is 0 Å². The van der Waals surface area contributed by atoms with Crippen molar-refractivity contribution in [2.75, 3.05) is 0 Å². The average molecular weight is 278 g/mol. The molecule has 1 amide bonds. The number of amides is 1. The molecule has 0 atom stereocenters. The third-order valence-electron chi connectivity index (χ3n) is 3.61. The SMILES string of the molecule is N#Cc1cccc(CNC(=O)C2CCC(F)(F)CC2)c1. The molecular weight excluding hydrogens is 262 g/mol. The fourth-order valence-electron chi connectivity index (χ4n) is 2.39. The van der Waals surface area contributed by atoms with Gasteiger partial charge in [0, 0.05) is 25.3 Å². The molecule has 1 aliphatic rings. The molecule has 5 heteroatoms. The lowest BCUT2D eigenvalue weighted by molar-refractivity contribution is -0.129. The van der Waals surface area contributed by atoms with Gasteiger partial charge in [-0.1, -0.05) is 12.1 Å². The molecular formula is C15H16F2N2O. The van der Waals surface area contributed by atoms with Gasteiger partial charge in [0.15, 0.2) is 0 Å². The predicted molar refractivity (Wildman–Crippen MR) is 69.9 cm³/mol. The first kappa shape index (κ1) is 14.4. The standard InChI is InChI=1S/C15H16F2N2O/c16-15(17)6-4-13(5-7-15)14(20)19-10-12-3-1-2-11(8-12)9-18/h1-3,8,13H,4-7,10H2,(H,19,20). The summed E-state index contributed by atoms with van der Waals surface area (Å²) in [6.45, 7) is 0.321. The highest BCUT2D eigenvalue weighted by Gasteiger charge is 2.37. The number of carbonyl (C=O) groups is 1. The molecule has 1 aliphatic carbocycles. The van der Waals surface area contributed by atoms with Crippen LogP contribution in [0, 0.1) is 17.2 Å². The molecule has 0 bridgehead atoms. The molecule has 3 nitrogen and oxygen atoms in total. The minimum atomic E-state index is -2.61. The summed E-state index contributed by atoms with van der Waals surface area (Å²) in [6.07, 6.45) is 0.0398. The monoisotopic (exact) mass is 278 g/mol. The van der Waals surface area contributed by atoms with Gasteiger partial charge in [-0.15, -0.1) is 0 Å². The third-order valence-corrected chi connectivity index (χ3v) is 3.61. The van der Waals surface area contributed by atoms with Crippen LogP contribution in [0.2, 0.25) is 0 Å². The van der Waals surface area contributed by atoms with Crippen LogP contribution in [0.5, 0.6) is 0 Å². The summed E-state index contributed by atoms with van der Waals surface area (Å²) in [4.78, 5) is 11.9. The summed E-state index contributed by atoms with van der Waals surface area (Å²) in [5.41, 5.74) is 1.37. The highest BCUT2D eigenvalue weighted by atomic mass is 19.3. The zero-order valence-electron chi connectivity index (χ0n) is 11.0.